The van der Waals surface area contributed by atoms with E-state index in [9.17, 15) is 0 Å². The molecule has 5 heteroatoms. The van der Waals surface area contributed by atoms with Crippen LogP contribution in [0.3, 0.4) is 0 Å². The maximum atomic E-state index is 5.91. The third-order valence-corrected chi connectivity index (χ3v) is 3.17. The zero-order chi connectivity index (χ0) is 13.1. The maximum absolute atomic E-state index is 5.91. The lowest BCUT2D eigenvalue weighted by Crippen LogP contribution is -2.29. The van der Waals surface area contributed by atoms with Crippen molar-refractivity contribution in [3.63, 3.8) is 0 Å². The lowest BCUT2D eigenvalue weighted by molar-refractivity contribution is 0.284. The van der Waals surface area contributed by atoms with E-state index < -0.39 is 0 Å². The third kappa shape index (κ3) is 2.51. The Kier molecular flexibility index (Phi) is 3.62. The lowest BCUT2D eigenvalue weighted by Gasteiger charge is -2.21. The molecule has 2 aromatic heterocycles. The van der Waals surface area contributed by atoms with Crippen molar-refractivity contribution in [1.82, 2.24) is 19.4 Å². The van der Waals surface area contributed by atoms with E-state index >= 15 is 0 Å². The maximum Gasteiger partial charge on any atom is 0.132 e. The Morgan fingerprint density at radius 2 is 2.22 bits per heavy atom. The molecule has 0 saturated carbocycles. The first-order valence-electron chi connectivity index (χ1n) is 5.97. The molecule has 2 rings (SSSR count). The Bertz CT molecular complexity index is 518. The van der Waals surface area contributed by atoms with E-state index in [2.05, 4.69) is 40.5 Å². The fraction of sp³-hybridized carbons (Fsp3) is 0.385. The van der Waals surface area contributed by atoms with Crippen LogP contribution >= 0.6 is 0 Å². The molecule has 2 aromatic rings. The van der Waals surface area contributed by atoms with Gasteiger partial charge in [0, 0.05) is 24.3 Å². The minimum absolute atomic E-state index is 0.427. The van der Waals surface area contributed by atoms with Gasteiger partial charge < -0.3 is 15.2 Å². The number of rotatable bonds is 4. The lowest BCUT2D eigenvalue weighted by atomic mass is 10.2. The van der Waals surface area contributed by atoms with Crippen molar-refractivity contribution in [2.75, 3.05) is 19.8 Å². The molecule has 0 spiro atoms. The van der Waals surface area contributed by atoms with Crippen LogP contribution in [0.4, 0.5) is 5.82 Å². The summed E-state index contributed by atoms with van der Waals surface area (Å²) in [6.07, 6.45) is 5.36. The number of hydrogen-bond acceptors (Lipinski definition) is 4. The van der Waals surface area contributed by atoms with Crippen molar-refractivity contribution in [2.24, 2.45) is 0 Å². The molecule has 1 unspecified atom stereocenters. The molecule has 18 heavy (non-hydrogen) atoms. The highest BCUT2D eigenvalue weighted by Crippen LogP contribution is 2.23. The summed E-state index contributed by atoms with van der Waals surface area (Å²) in [5.74, 6) is 0.539. The number of imidazole rings is 1. The number of nitrogens with zero attached hydrogens (tertiary/aromatic N) is 4. The molecule has 0 bridgehead atoms. The van der Waals surface area contributed by atoms with Crippen molar-refractivity contribution in [3.8, 4) is 11.3 Å². The Balaban J connectivity index is 2.31. The van der Waals surface area contributed by atoms with E-state index in [1.54, 1.807) is 6.20 Å². The molecule has 96 valence electrons. The fourth-order valence-electron chi connectivity index (χ4n) is 1.77. The summed E-state index contributed by atoms with van der Waals surface area (Å²) in [6.45, 7) is 3.05. The molecule has 0 aromatic carbocycles. The van der Waals surface area contributed by atoms with E-state index in [1.807, 2.05) is 24.7 Å². The highest BCUT2D eigenvalue weighted by molar-refractivity contribution is 5.70. The van der Waals surface area contributed by atoms with Crippen molar-refractivity contribution < 1.29 is 0 Å². The number of nitrogens with two attached hydrogens (primary N) is 1. The summed E-state index contributed by atoms with van der Waals surface area (Å²) >= 11 is 0. The van der Waals surface area contributed by atoms with Gasteiger partial charge in [-0.25, -0.2) is 9.97 Å². The van der Waals surface area contributed by atoms with Gasteiger partial charge in [-0.3, -0.25) is 0 Å². The molecule has 0 amide bonds. The monoisotopic (exact) mass is 245 g/mol. The highest BCUT2D eigenvalue weighted by atomic mass is 15.1. The first-order chi connectivity index (χ1) is 8.59. The Hall–Kier alpha value is -1.88. The van der Waals surface area contributed by atoms with Crippen LogP contribution in [0.25, 0.3) is 11.3 Å². The second-order valence-electron chi connectivity index (χ2n) is 4.68. The number of likely N-dealkylation sites (N-methyl/N-ethyl adjacent to an activating group) is 1. The van der Waals surface area contributed by atoms with Gasteiger partial charge in [0.2, 0.25) is 0 Å². The first-order valence-corrected chi connectivity index (χ1v) is 5.97. The SMILES string of the molecule is CC(Cn1cncc1-c1cccnc1N)N(C)C. The van der Waals surface area contributed by atoms with Crippen LogP contribution in [0.5, 0.6) is 0 Å². The van der Waals surface area contributed by atoms with Crippen molar-refractivity contribution in [3.05, 3.63) is 30.9 Å². The van der Waals surface area contributed by atoms with Gasteiger partial charge >= 0.3 is 0 Å². The van der Waals surface area contributed by atoms with Crippen molar-refractivity contribution >= 4 is 5.82 Å². The molecular formula is C13H19N5. The van der Waals surface area contributed by atoms with Crippen LogP contribution in [-0.2, 0) is 6.54 Å². The van der Waals surface area contributed by atoms with Crippen LogP contribution < -0.4 is 5.73 Å². The predicted octanol–water partition coefficient (Wildman–Crippen LogP) is 1.48. The van der Waals surface area contributed by atoms with Gasteiger partial charge in [-0.15, -0.1) is 0 Å². The summed E-state index contributed by atoms with van der Waals surface area (Å²) in [5.41, 5.74) is 7.85. The first kappa shape index (κ1) is 12.6. The number of pyridine rings is 1. The van der Waals surface area contributed by atoms with Crippen LogP contribution in [0.15, 0.2) is 30.9 Å². The molecule has 0 fully saturated rings. The Morgan fingerprint density at radius 1 is 1.44 bits per heavy atom. The second-order valence-corrected chi connectivity index (χ2v) is 4.68. The van der Waals surface area contributed by atoms with E-state index in [0.717, 1.165) is 17.8 Å². The predicted molar refractivity (Wildman–Crippen MR) is 73.0 cm³/mol. The van der Waals surface area contributed by atoms with E-state index in [0.29, 0.717) is 11.9 Å². The molecular weight excluding hydrogens is 226 g/mol. The van der Waals surface area contributed by atoms with Gasteiger partial charge in [0.25, 0.3) is 0 Å². The summed E-state index contributed by atoms with van der Waals surface area (Å²) in [4.78, 5) is 10.5. The Labute approximate surface area is 107 Å². The van der Waals surface area contributed by atoms with Gasteiger partial charge in [0.1, 0.15) is 5.82 Å². The molecule has 0 aliphatic heterocycles. The van der Waals surface area contributed by atoms with E-state index in [-0.39, 0.29) is 0 Å². The average Bonchev–Trinajstić information content (AvgIpc) is 2.77. The molecule has 0 aliphatic rings. The van der Waals surface area contributed by atoms with Crippen molar-refractivity contribution in [1.29, 1.82) is 0 Å². The van der Waals surface area contributed by atoms with Gasteiger partial charge in [-0.05, 0) is 33.2 Å². The standard InChI is InChI=1S/C13H19N5/c1-10(17(2)3)8-18-9-15-7-12(18)11-5-4-6-16-13(11)14/h4-7,9-10H,8H2,1-3H3,(H2,14,16). The summed E-state index contributed by atoms with van der Waals surface area (Å²) in [7, 11) is 4.14. The van der Waals surface area contributed by atoms with E-state index in [4.69, 9.17) is 5.73 Å². The minimum atomic E-state index is 0.427. The quantitative estimate of drug-likeness (QED) is 0.886. The van der Waals surface area contributed by atoms with Gasteiger partial charge in [-0.2, -0.15) is 0 Å². The topological polar surface area (TPSA) is 60.0 Å². The van der Waals surface area contributed by atoms with Gasteiger partial charge in [0.15, 0.2) is 0 Å². The summed E-state index contributed by atoms with van der Waals surface area (Å²) in [6, 6.07) is 4.28. The molecule has 2 N–H and O–H groups in total. The smallest absolute Gasteiger partial charge is 0.132 e. The molecule has 5 nitrogen and oxygen atoms in total. The molecule has 0 aliphatic carbocycles. The molecule has 0 saturated heterocycles. The van der Waals surface area contributed by atoms with Gasteiger partial charge in [-0.1, -0.05) is 0 Å². The molecule has 2 heterocycles. The molecule has 1 atom stereocenters. The third-order valence-electron chi connectivity index (χ3n) is 3.17. The fourth-order valence-corrected chi connectivity index (χ4v) is 1.77. The second kappa shape index (κ2) is 5.18. The normalized spacial score (nSPS) is 12.9. The van der Waals surface area contributed by atoms with Crippen LogP contribution in [0.2, 0.25) is 0 Å². The van der Waals surface area contributed by atoms with E-state index in [1.165, 1.54) is 0 Å². The van der Waals surface area contributed by atoms with Crippen LogP contribution in [0, 0.1) is 0 Å². The van der Waals surface area contributed by atoms with Crippen LogP contribution in [-0.4, -0.2) is 39.6 Å². The van der Waals surface area contributed by atoms with Crippen molar-refractivity contribution in [2.45, 2.75) is 19.5 Å². The number of aromatic nitrogens is 3. The van der Waals surface area contributed by atoms with Crippen LogP contribution in [0.1, 0.15) is 6.92 Å². The number of nitrogen functional groups attached to an aromatic ring is 1. The summed E-state index contributed by atoms with van der Waals surface area (Å²) in [5, 5.41) is 0. The summed E-state index contributed by atoms with van der Waals surface area (Å²) < 4.78 is 2.11. The number of hydrogen-bond donors (Lipinski definition) is 1. The zero-order valence-corrected chi connectivity index (χ0v) is 11.0. The van der Waals surface area contributed by atoms with Gasteiger partial charge in [0.05, 0.1) is 18.2 Å². The molecule has 0 radical (unpaired) electrons. The zero-order valence-electron chi connectivity index (χ0n) is 11.0. The average molecular weight is 245 g/mol. The highest BCUT2D eigenvalue weighted by Gasteiger charge is 2.12. The largest absolute Gasteiger partial charge is 0.383 e. The number of anilines is 1. The minimum Gasteiger partial charge on any atom is -0.383 e. The Morgan fingerprint density at radius 3 is 2.89 bits per heavy atom.